The molecule has 1 fully saturated rings. The van der Waals surface area contributed by atoms with E-state index in [9.17, 15) is 9.59 Å². The number of methoxy groups -OCH3 is 1. The monoisotopic (exact) mass is 453 g/mol. The molecule has 0 saturated carbocycles. The van der Waals surface area contributed by atoms with Crippen LogP contribution in [-0.2, 0) is 4.74 Å². The first-order chi connectivity index (χ1) is 13.9. The lowest BCUT2D eigenvalue weighted by Gasteiger charge is -2.27. The van der Waals surface area contributed by atoms with Crippen molar-refractivity contribution in [2.24, 2.45) is 0 Å². The van der Waals surface area contributed by atoms with Crippen molar-refractivity contribution < 1.29 is 23.4 Å². The number of carbonyl (C=O) groups excluding carboxylic acids is 2. The van der Waals surface area contributed by atoms with Gasteiger partial charge in [-0.2, -0.15) is 0 Å². The minimum absolute atomic E-state index is 0.152. The van der Waals surface area contributed by atoms with E-state index in [4.69, 9.17) is 25.4 Å². The second-order valence-corrected chi connectivity index (χ2v) is 7.56. The first-order valence-electron chi connectivity index (χ1n) is 8.98. The maximum absolute atomic E-state index is 13.4. The summed E-state index contributed by atoms with van der Waals surface area (Å²) in [5, 5.41) is 0.314. The lowest BCUT2D eigenvalue weighted by atomic mass is 9.95. The predicted molar refractivity (Wildman–Crippen MR) is 118 cm³/mol. The van der Waals surface area contributed by atoms with Crippen LogP contribution >= 0.6 is 30.5 Å². The first-order valence-corrected chi connectivity index (χ1v) is 10.3. The highest BCUT2D eigenvalue weighted by atomic mass is 35.5. The zero-order valence-corrected chi connectivity index (χ0v) is 19.2. The molecule has 6 nitrogen and oxygen atoms in total. The summed E-state index contributed by atoms with van der Waals surface area (Å²) in [6.07, 6.45) is 1.66. The highest BCUT2D eigenvalue weighted by Crippen LogP contribution is 2.39. The number of rotatable bonds is 5. The Labute approximate surface area is 179 Å². The summed E-state index contributed by atoms with van der Waals surface area (Å²) < 4.78 is 15.3. The summed E-state index contributed by atoms with van der Waals surface area (Å²) in [5.41, 5.74) is 2.60. The molecule has 0 radical (unpaired) electrons. The van der Waals surface area contributed by atoms with Crippen LogP contribution in [0.15, 0.2) is 30.3 Å². The Morgan fingerprint density at radius 1 is 1.14 bits per heavy atom. The topological polar surface area (TPSA) is 65.1 Å². The van der Waals surface area contributed by atoms with Crippen molar-refractivity contribution in [1.82, 2.24) is 4.90 Å². The Balaban J connectivity index is 2.00. The predicted octanol–water partition coefficient (Wildman–Crippen LogP) is 4.75. The third kappa shape index (κ3) is 4.21. The van der Waals surface area contributed by atoms with Gasteiger partial charge >= 0.3 is 5.97 Å². The molecular formula is C20H22ClNO5P2. The van der Waals surface area contributed by atoms with Crippen molar-refractivity contribution in [2.45, 2.75) is 25.8 Å². The fourth-order valence-corrected chi connectivity index (χ4v) is 4.40. The molecule has 1 saturated heterocycles. The maximum atomic E-state index is 13.4. The number of benzene rings is 2. The molecule has 1 amide bonds. The highest BCUT2D eigenvalue weighted by Gasteiger charge is 2.34. The normalized spacial score (nSPS) is 15.9. The summed E-state index contributed by atoms with van der Waals surface area (Å²) in [6, 6.07) is 8.46. The molecule has 1 heterocycles. The van der Waals surface area contributed by atoms with E-state index in [0.717, 1.165) is 24.0 Å². The number of amides is 1. The molecule has 3 unspecified atom stereocenters. The van der Waals surface area contributed by atoms with Gasteiger partial charge < -0.3 is 18.7 Å². The standard InChI is InChI=1S/C20H22ClNO5P2/c1-11-12(5-3-6-13(11)20(24)25-2)16-7-4-8-22(16)19(23)14-9-15(21)18(27-29)10-17(14)26-28/h3,5-6,9-10,16H,4,7-8,28-29H2,1-2H3. The van der Waals surface area contributed by atoms with Crippen molar-refractivity contribution in [3.05, 3.63) is 57.6 Å². The van der Waals surface area contributed by atoms with Crippen LogP contribution in [0.2, 0.25) is 5.02 Å². The molecule has 0 aromatic heterocycles. The van der Waals surface area contributed by atoms with E-state index < -0.39 is 5.97 Å². The third-order valence-corrected chi connectivity index (χ3v) is 5.98. The fourth-order valence-electron chi connectivity index (χ4n) is 3.72. The number of hydrogen-bond donors (Lipinski definition) is 0. The quantitative estimate of drug-likeness (QED) is 0.483. The molecule has 2 aromatic rings. The van der Waals surface area contributed by atoms with Crippen molar-refractivity contribution in [3.8, 4) is 11.5 Å². The molecule has 1 aliphatic heterocycles. The lowest BCUT2D eigenvalue weighted by Crippen LogP contribution is -2.31. The van der Waals surface area contributed by atoms with Crippen LogP contribution in [0.25, 0.3) is 0 Å². The number of carbonyl (C=O) groups is 2. The zero-order chi connectivity index (χ0) is 21.1. The summed E-state index contributed by atoms with van der Waals surface area (Å²) in [5.74, 6) is 0.168. The average Bonchev–Trinajstić information content (AvgIpc) is 3.22. The van der Waals surface area contributed by atoms with Crippen LogP contribution in [0.4, 0.5) is 0 Å². The van der Waals surface area contributed by atoms with E-state index in [1.165, 1.54) is 7.11 Å². The Bertz CT molecular complexity index is 953. The van der Waals surface area contributed by atoms with Gasteiger partial charge in [0.2, 0.25) is 0 Å². The van der Waals surface area contributed by atoms with Gasteiger partial charge in [-0.3, -0.25) is 4.79 Å². The second-order valence-electron chi connectivity index (χ2n) is 6.68. The van der Waals surface area contributed by atoms with Gasteiger partial charge in [0.15, 0.2) is 0 Å². The molecule has 3 rings (SSSR count). The molecule has 1 aliphatic rings. The molecule has 0 spiro atoms. The first kappa shape index (κ1) is 21.8. The SMILES string of the molecule is COC(=O)c1cccc(C2CCCN2C(=O)c2cc(Cl)c(OP)cc2OP)c1C. The van der Waals surface area contributed by atoms with Crippen LogP contribution in [0.1, 0.15) is 50.7 Å². The molecule has 0 bridgehead atoms. The van der Waals surface area contributed by atoms with Gasteiger partial charge in [0, 0.05) is 12.6 Å². The highest BCUT2D eigenvalue weighted by molar-refractivity contribution is 7.10. The minimum atomic E-state index is -0.390. The molecule has 154 valence electrons. The molecule has 0 N–H and O–H groups in total. The minimum Gasteiger partial charge on any atom is -0.479 e. The number of likely N-dealkylation sites (tertiary alicyclic amines) is 1. The molecule has 3 atom stereocenters. The van der Waals surface area contributed by atoms with Gasteiger partial charge in [-0.05, 0) is 43.0 Å². The lowest BCUT2D eigenvalue weighted by molar-refractivity contribution is 0.0599. The molecular weight excluding hydrogens is 432 g/mol. The van der Waals surface area contributed by atoms with Crippen LogP contribution < -0.4 is 9.05 Å². The van der Waals surface area contributed by atoms with Gasteiger partial charge in [0.1, 0.15) is 11.5 Å². The second kappa shape index (κ2) is 9.30. The Hall–Kier alpha value is -1.87. The van der Waals surface area contributed by atoms with Crippen LogP contribution in [0.3, 0.4) is 0 Å². The summed E-state index contributed by atoms with van der Waals surface area (Å²) in [4.78, 5) is 27.3. The molecule has 2 aromatic carbocycles. The number of hydrogen-bond acceptors (Lipinski definition) is 5. The van der Waals surface area contributed by atoms with Crippen molar-refractivity contribution in [2.75, 3.05) is 13.7 Å². The molecule has 0 aliphatic carbocycles. The number of nitrogens with zero attached hydrogens (tertiary/aromatic N) is 1. The van der Waals surface area contributed by atoms with Crippen molar-refractivity contribution >= 4 is 42.4 Å². The van der Waals surface area contributed by atoms with Gasteiger partial charge in [0.25, 0.3) is 5.91 Å². The van der Waals surface area contributed by atoms with Crippen LogP contribution in [-0.4, -0.2) is 30.4 Å². The van der Waals surface area contributed by atoms with Gasteiger partial charge in [-0.25, -0.2) is 4.79 Å². The van der Waals surface area contributed by atoms with Gasteiger partial charge in [-0.1, -0.05) is 23.7 Å². The van der Waals surface area contributed by atoms with Crippen LogP contribution in [0, 0.1) is 6.92 Å². The van der Waals surface area contributed by atoms with Crippen molar-refractivity contribution in [1.29, 1.82) is 0 Å². The molecule has 9 heteroatoms. The smallest absolute Gasteiger partial charge is 0.338 e. The Morgan fingerprint density at radius 3 is 2.52 bits per heavy atom. The van der Waals surface area contributed by atoms with E-state index in [2.05, 4.69) is 18.9 Å². The fraction of sp³-hybridized carbons (Fsp3) is 0.300. The number of halogens is 1. The van der Waals surface area contributed by atoms with Crippen LogP contribution in [0.5, 0.6) is 11.5 Å². The number of ether oxygens (including phenoxy) is 1. The Kier molecular flexibility index (Phi) is 7.00. The van der Waals surface area contributed by atoms with Crippen molar-refractivity contribution in [3.63, 3.8) is 0 Å². The van der Waals surface area contributed by atoms with Gasteiger partial charge in [0.05, 0.1) is 48.2 Å². The Morgan fingerprint density at radius 2 is 1.86 bits per heavy atom. The molecule has 29 heavy (non-hydrogen) atoms. The maximum Gasteiger partial charge on any atom is 0.338 e. The summed E-state index contributed by atoms with van der Waals surface area (Å²) in [6.45, 7) is 2.48. The summed E-state index contributed by atoms with van der Waals surface area (Å²) >= 11 is 6.24. The largest absolute Gasteiger partial charge is 0.479 e. The number of esters is 1. The van der Waals surface area contributed by atoms with E-state index in [1.807, 2.05) is 19.1 Å². The van der Waals surface area contributed by atoms with E-state index in [-0.39, 0.29) is 11.9 Å². The van der Waals surface area contributed by atoms with Gasteiger partial charge in [-0.15, -0.1) is 0 Å². The van der Waals surface area contributed by atoms with E-state index >= 15 is 0 Å². The third-order valence-electron chi connectivity index (χ3n) is 5.17. The zero-order valence-electron chi connectivity index (χ0n) is 16.1. The van der Waals surface area contributed by atoms with E-state index in [1.54, 1.807) is 23.1 Å². The average molecular weight is 454 g/mol. The summed E-state index contributed by atoms with van der Waals surface area (Å²) in [7, 11) is 5.62. The van der Waals surface area contributed by atoms with E-state index in [0.29, 0.717) is 34.2 Å².